The molecule has 0 fully saturated rings. The minimum atomic E-state index is -1.01. The van der Waals surface area contributed by atoms with Gasteiger partial charge >= 0.3 is 5.97 Å². The fourth-order valence-corrected chi connectivity index (χ4v) is 2.66. The molecular weight excluding hydrogens is 304 g/mol. The molecule has 0 amide bonds. The normalized spacial score (nSPS) is 12.0. The van der Waals surface area contributed by atoms with Gasteiger partial charge < -0.3 is 16.2 Å². The molecular formula is C18H18N4O2. The molecule has 0 saturated heterocycles. The predicted molar refractivity (Wildman–Crippen MR) is 93.1 cm³/mol. The maximum atomic E-state index is 11.3. The van der Waals surface area contributed by atoms with Crippen molar-refractivity contribution in [1.82, 2.24) is 9.97 Å². The third-order valence-electron chi connectivity index (χ3n) is 3.85. The summed E-state index contributed by atoms with van der Waals surface area (Å²) in [5.74, 6) is -0.417. The summed E-state index contributed by atoms with van der Waals surface area (Å²) < 4.78 is 0. The monoisotopic (exact) mass is 322 g/mol. The fourth-order valence-electron chi connectivity index (χ4n) is 2.66. The third kappa shape index (κ3) is 3.33. The number of aromatic nitrogens is 2. The third-order valence-corrected chi connectivity index (χ3v) is 3.85. The molecule has 6 heteroatoms. The van der Waals surface area contributed by atoms with Gasteiger partial charge in [-0.25, -0.2) is 14.8 Å². The molecule has 24 heavy (non-hydrogen) atoms. The Balaban J connectivity index is 1.91. The molecule has 3 rings (SSSR count). The number of carboxylic acids is 1. The molecule has 3 aromatic rings. The number of nitrogens with one attached hydrogen (secondary N) is 1. The highest BCUT2D eigenvalue weighted by atomic mass is 16.4. The summed E-state index contributed by atoms with van der Waals surface area (Å²) in [7, 11) is 0. The molecule has 0 aliphatic heterocycles. The standard InChI is InChI=1S/C18H18N4O2/c19-10-13(9-12-5-2-1-3-6-12)22-17-14-7-4-8-15(18(23)24)16(14)20-11-21-17/h1-8,11,13H,9-10,19H2,(H,23,24)(H,20,21,22)/t13-/m0/s1. The van der Waals surface area contributed by atoms with E-state index in [-0.39, 0.29) is 11.6 Å². The maximum absolute atomic E-state index is 11.3. The number of benzene rings is 2. The molecule has 0 unspecified atom stereocenters. The Labute approximate surface area is 139 Å². The Bertz CT molecular complexity index is 852. The summed E-state index contributed by atoms with van der Waals surface area (Å²) in [5.41, 5.74) is 7.63. The van der Waals surface area contributed by atoms with Gasteiger partial charge in [0.25, 0.3) is 0 Å². The first-order chi connectivity index (χ1) is 11.7. The van der Waals surface area contributed by atoms with E-state index in [4.69, 9.17) is 5.73 Å². The number of hydrogen-bond acceptors (Lipinski definition) is 5. The quantitative estimate of drug-likeness (QED) is 0.644. The lowest BCUT2D eigenvalue weighted by atomic mass is 10.1. The van der Waals surface area contributed by atoms with Crippen LogP contribution in [0.15, 0.2) is 54.9 Å². The Kier molecular flexibility index (Phi) is 4.67. The van der Waals surface area contributed by atoms with E-state index >= 15 is 0 Å². The van der Waals surface area contributed by atoms with Crippen LogP contribution in [0, 0.1) is 0 Å². The molecule has 0 radical (unpaired) electrons. The average molecular weight is 322 g/mol. The number of nitrogens with two attached hydrogens (primary N) is 1. The number of fused-ring (bicyclic) bond motifs is 1. The zero-order valence-corrected chi connectivity index (χ0v) is 13.0. The highest BCUT2D eigenvalue weighted by Crippen LogP contribution is 2.23. The van der Waals surface area contributed by atoms with Gasteiger partial charge in [-0.1, -0.05) is 36.4 Å². The largest absolute Gasteiger partial charge is 0.478 e. The van der Waals surface area contributed by atoms with Gasteiger partial charge in [0.05, 0.1) is 11.1 Å². The van der Waals surface area contributed by atoms with Crippen LogP contribution in [0.5, 0.6) is 0 Å². The molecule has 2 aromatic carbocycles. The Morgan fingerprint density at radius 3 is 2.62 bits per heavy atom. The van der Waals surface area contributed by atoms with E-state index in [1.54, 1.807) is 12.1 Å². The SMILES string of the molecule is NC[C@H](Cc1ccccc1)Nc1ncnc2c(C(=O)O)cccc12. The van der Waals surface area contributed by atoms with Gasteiger partial charge in [0.2, 0.25) is 0 Å². The van der Waals surface area contributed by atoms with Gasteiger partial charge in [0.15, 0.2) is 0 Å². The number of aromatic carboxylic acids is 1. The Morgan fingerprint density at radius 2 is 1.92 bits per heavy atom. The van der Waals surface area contributed by atoms with Crippen molar-refractivity contribution in [1.29, 1.82) is 0 Å². The van der Waals surface area contributed by atoms with Crippen LogP contribution in [-0.4, -0.2) is 33.6 Å². The zero-order chi connectivity index (χ0) is 16.9. The van der Waals surface area contributed by atoms with E-state index in [0.717, 1.165) is 6.42 Å². The summed E-state index contributed by atoms with van der Waals surface area (Å²) in [6.07, 6.45) is 2.12. The van der Waals surface area contributed by atoms with Crippen molar-refractivity contribution in [3.63, 3.8) is 0 Å². The molecule has 122 valence electrons. The van der Waals surface area contributed by atoms with Gasteiger partial charge in [-0.2, -0.15) is 0 Å². The Hall–Kier alpha value is -2.99. The van der Waals surface area contributed by atoms with Crippen LogP contribution in [0.4, 0.5) is 5.82 Å². The van der Waals surface area contributed by atoms with Crippen molar-refractivity contribution in [3.05, 3.63) is 66.0 Å². The molecule has 1 aromatic heterocycles. The van der Waals surface area contributed by atoms with Crippen molar-refractivity contribution >= 4 is 22.7 Å². The number of nitrogens with zero attached hydrogens (tertiary/aromatic N) is 2. The molecule has 0 bridgehead atoms. The molecule has 1 atom stereocenters. The molecule has 0 aliphatic rings. The smallest absolute Gasteiger partial charge is 0.337 e. The second-order valence-corrected chi connectivity index (χ2v) is 5.50. The maximum Gasteiger partial charge on any atom is 0.337 e. The van der Waals surface area contributed by atoms with E-state index in [1.165, 1.54) is 18.0 Å². The Morgan fingerprint density at radius 1 is 1.12 bits per heavy atom. The fraction of sp³-hybridized carbons (Fsp3) is 0.167. The van der Waals surface area contributed by atoms with Gasteiger partial charge in [0.1, 0.15) is 12.1 Å². The lowest BCUT2D eigenvalue weighted by Gasteiger charge is -2.18. The van der Waals surface area contributed by atoms with Gasteiger partial charge in [-0.15, -0.1) is 0 Å². The van der Waals surface area contributed by atoms with E-state index in [1.807, 2.05) is 30.3 Å². The number of carboxylic acid groups (broad SMARTS) is 1. The van der Waals surface area contributed by atoms with E-state index < -0.39 is 5.97 Å². The van der Waals surface area contributed by atoms with Gasteiger partial charge in [-0.3, -0.25) is 0 Å². The van der Waals surface area contributed by atoms with Crippen molar-refractivity contribution in [2.45, 2.75) is 12.5 Å². The summed E-state index contributed by atoms with van der Waals surface area (Å²) in [6, 6.07) is 15.1. The van der Waals surface area contributed by atoms with Crippen LogP contribution < -0.4 is 11.1 Å². The molecule has 6 nitrogen and oxygen atoms in total. The van der Waals surface area contributed by atoms with Crippen molar-refractivity contribution in [2.75, 3.05) is 11.9 Å². The predicted octanol–water partition coefficient (Wildman–Crippen LogP) is 2.31. The number of carbonyl (C=O) groups is 1. The molecule has 1 heterocycles. The van der Waals surface area contributed by atoms with Crippen LogP contribution in [-0.2, 0) is 6.42 Å². The second-order valence-electron chi connectivity index (χ2n) is 5.50. The number of rotatable bonds is 6. The number of hydrogen-bond donors (Lipinski definition) is 3. The minimum absolute atomic E-state index is 0.0148. The van der Waals surface area contributed by atoms with Crippen LogP contribution in [0.1, 0.15) is 15.9 Å². The molecule has 0 spiro atoms. The van der Waals surface area contributed by atoms with Crippen LogP contribution in [0.2, 0.25) is 0 Å². The van der Waals surface area contributed by atoms with Crippen molar-refractivity contribution < 1.29 is 9.90 Å². The lowest BCUT2D eigenvalue weighted by Crippen LogP contribution is -2.31. The molecule has 0 aliphatic carbocycles. The van der Waals surface area contributed by atoms with Crippen LogP contribution in [0.25, 0.3) is 10.9 Å². The summed E-state index contributed by atoms with van der Waals surface area (Å²) in [6.45, 7) is 0.430. The topological polar surface area (TPSA) is 101 Å². The van der Waals surface area contributed by atoms with Crippen molar-refractivity contribution in [3.8, 4) is 0 Å². The molecule has 0 saturated carbocycles. The van der Waals surface area contributed by atoms with Gasteiger partial charge in [0, 0.05) is 18.0 Å². The summed E-state index contributed by atoms with van der Waals surface area (Å²) in [5, 5.41) is 13.3. The molecule has 4 N–H and O–H groups in total. The van der Waals surface area contributed by atoms with E-state index in [2.05, 4.69) is 15.3 Å². The second kappa shape index (κ2) is 7.06. The average Bonchev–Trinajstić information content (AvgIpc) is 2.61. The number of anilines is 1. The first-order valence-electron chi connectivity index (χ1n) is 7.66. The van der Waals surface area contributed by atoms with Crippen LogP contribution >= 0.6 is 0 Å². The lowest BCUT2D eigenvalue weighted by molar-refractivity contribution is 0.0699. The summed E-state index contributed by atoms with van der Waals surface area (Å²) >= 11 is 0. The summed E-state index contributed by atoms with van der Waals surface area (Å²) in [4.78, 5) is 19.7. The minimum Gasteiger partial charge on any atom is -0.478 e. The van der Waals surface area contributed by atoms with Crippen molar-refractivity contribution in [2.24, 2.45) is 5.73 Å². The first kappa shape index (κ1) is 15.9. The van der Waals surface area contributed by atoms with E-state index in [0.29, 0.717) is 23.3 Å². The van der Waals surface area contributed by atoms with Crippen LogP contribution in [0.3, 0.4) is 0 Å². The zero-order valence-electron chi connectivity index (χ0n) is 13.0. The van der Waals surface area contributed by atoms with E-state index in [9.17, 15) is 9.90 Å². The first-order valence-corrected chi connectivity index (χ1v) is 7.66. The highest BCUT2D eigenvalue weighted by Gasteiger charge is 2.15. The number of para-hydroxylation sites is 1. The highest BCUT2D eigenvalue weighted by molar-refractivity contribution is 6.04. The van der Waals surface area contributed by atoms with Gasteiger partial charge in [-0.05, 0) is 24.1 Å².